The molecule has 1 aromatic carbocycles. The summed E-state index contributed by atoms with van der Waals surface area (Å²) in [6.07, 6.45) is 2.50. The number of hydrogen-bond donors (Lipinski definition) is 2. The van der Waals surface area contributed by atoms with Crippen molar-refractivity contribution in [1.82, 2.24) is 10.3 Å². The Balaban J connectivity index is 2.00. The Morgan fingerprint density at radius 1 is 1.12 bits per heavy atom. The summed E-state index contributed by atoms with van der Waals surface area (Å²) in [4.78, 5) is 28.4. The summed E-state index contributed by atoms with van der Waals surface area (Å²) in [5, 5.41) is 5.75. The number of carbonyl (C=O) groups excluding carboxylic acids is 2. The minimum Gasteiger partial charge on any atom is -0.462 e. The predicted octanol–water partition coefficient (Wildman–Crippen LogP) is 4.17. The van der Waals surface area contributed by atoms with Crippen LogP contribution in [-0.4, -0.2) is 23.6 Å². The smallest absolute Gasteiger partial charge is 0.338 e. The van der Waals surface area contributed by atoms with Gasteiger partial charge in [-0.15, -0.1) is 0 Å². The van der Waals surface area contributed by atoms with E-state index < -0.39 is 0 Å². The Labute approximate surface area is 154 Å². The Morgan fingerprint density at radius 3 is 2.42 bits per heavy atom. The van der Waals surface area contributed by atoms with Gasteiger partial charge in [-0.1, -0.05) is 19.9 Å². The van der Waals surface area contributed by atoms with Crippen LogP contribution in [0, 0.1) is 5.92 Å². The normalized spacial score (nSPS) is 11.7. The maximum atomic E-state index is 12.4. The van der Waals surface area contributed by atoms with Crippen molar-refractivity contribution in [3.05, 3.63) is 59.9 Å². The van der Waals surface area contributed by atoms with Gasteiger partial charge in [0.05, 0.1) is 23.9 Å². The van der Waals surface area contributed by atoms with E-state index in [2.05, 4.69) is 29.5 Å². The van der Waals surface area contributed by atoms with Gasteiger partial charge in [0.1, 0.15) is 0 Å². The van der Waals surface area contributed by atoms with Crippen LogP contribution in [0.5, 0.6) is 0 Å². The lowest BCUT2D eigenvalue weighted by molar-refractivity contribution is 0.0526. The lowest BCUT2D eigenvalue weighted by atomic mass is 10.0. The van der Waals surface area contributed by atoms with Crippen LogP contribution in [0.15, 0.2) is 48.7 Å². The van der Waals surface area contributed by atoms with Crippen molar-refractivity contribution in [3.8, 4) is 0 Å². The second-order valence-corrected chi connectivity index (χ2v) is 6.33. The number of urea groups is 1. The van der Waals surface area contributed by atoms with Gasteiger partial charge in [-0.3, -0.25) is 4.98 Å². The molecule has 6 heteroatoms. The van der Waals surface area contributed by atoms with Gasteiger partial charge in [0.15, 0.2) is 0 Å². The summed E-state index contributed by atoms with van der Waals surface area (Å²) in [6, 6.07) is 11.8. The zero-order valence-corrected chi connectivity index (χ0v) is 15.4. The molecule has 0 saturated carbocycles. The van der Waals surface area contributed by atoms with Crippen molar-refractivity contribution in [2.75, 3.05) is 11.9 Å². The number of ether oxygens (including phenoxy) is 1. The fraction of sp³-hybridized carbons (Fsp3) is 0.350. The molecule has 1 unspecified atom stereocenters. The predicted molar refractivity (Wildman–Crippen MR) is 101 cm³/mol. The number of pyridine rings is 1. The molecule has 138 valence electrons. The molecule has 2 rings (SSSR count). The Bertz CT molecular complexity index is 715. The molecule has 0 aliphatic heterocycles. The molecule has 2 aromatic rings. The number of anilines is 1. The quantitative estimate of drug-likeness (QED) is 0.731. The van der Waals surface area contributed by atoms with Crippen molar-refractivity contribution < 1.29 is 14.3 Å². The minimum atomic E-state index is -0.379. The second kappa shape index (κ2) is 9.56. The van der Waals surface area contributed by atoms with Crippen LogP contribution in [0.4, 0.5) is 10.5 Å². The van der Waals surface area contributed by atoms with Crippen molar-refractivity contribution in [2.45, 2.75) is 33.2 Å². The molecule has 1 atom stereocenters. The highest BCUT2D eigenvalue weighted by molar-refractivity contribution is 5.92. The molecule has 0 saturated heterocycles. The van der Waals surface area contributed by atoms with Gasteiger partial charge >= 0.3 is 12.0 Å². The van der Waals surface area contributed by atoms with Crippen molar-refractivity contribution in [3.63, 3.8) is 0 Å². The van der Waals surface area contributed by atoms with Crippen LogP contribution in [-0.2, 0) is 4.74 Å². The first-order valence-electron chi connectivity index (χ1n) is 8.75. The monoisotopic (exact) mass is 355 g/mol. The molecule has 0 bridgehead atoms. The van der Waals surface area contributed by atoms with Gasteiger partial charge in [-0.2, -0.15) is 0 Å². The number of rotatable bonds is 7. The van der Waals surface area contributed by atoms with Gasteiger partial charge in [-0.05, 0) is 55.7 Å². The van der Waals surface area contributed by atoms with E-state index in [0.29, 0.717) is 23.8 Å². The summed E-state index contributed by atoms with van der Waals surface area (Å²) in [5.74, 6) is 0.0295. The van der Waals surface area contributed by atoms with E-state index in [1.54, 1.807) is 37.4 Å². The summed E-state index contributed by atoms with van der Waals surface area (Å²) >= 11 is 0. The number of benzene rings is 1. The zero-order valence-electron chi connectivity index (χ0n) is 15.4. The summed E-state index contributed by atoms with van der Waals surface area (Å²) < 4.78 is 4.94. The average Bonchev–Trinajstić information content (AvgIpc) is 2.62. The van der Waals surface area contributed by atoms with Gasteiger partial charge < -0.3 is 15.4 Å². The topological polar surface area (TPSA) is 80.3 Å². The van der Waals surface area contributed by atoms with E-state index in [-0.39, 0.29) is 18.0 Å². The fourth-order valence-electron chi connectivity index (χ4n) is 2.54. The molecular formula is C20H25N3O3. The number of nitrogens with one attached hydrogen (secondary N) is 2. The lowest BCUT2D eigenvalue weighted by Gasteiger charge is -2.20. The number of hydrogen-bond acceptors (Lipinski definition) is 4. The molecule has 6 nitrogen and oxygen atoms in total. The average molecular weight is 355 g/mol. The third kappa shape index (κ3) is 5.88. The molecular weight excluding hydrogens is 330 g/mol. The molecule has 1 aromatic heterocycles. The van der Waals surface area contributed by atoms with Crippen LogP contribution in [0.1, 0.15) is 49.3 Å². The van der Waals surface area contributed by atoms with E-state index in [4.69, 9.17) is 4.74 Å². The van der Waals surface area contributed by atoms with Gasteiger partial charge in [0.2, 0.25) is 0 Å². The first kappa shape index (κ1) is 19.4. The van der Waals surface area contributed by atoms with Crippen LogP contribution >= 0.6 is 0 Å². The van der Waals surface area contributed by atoms with E-state index >= 15 is 0 Å². The number of esters is 1. The van der Waals surface area contributed by atoms with Crippen LogP contribution < -0.4 is 10.6 Å². The summed E-state index contributed by atoms with van der Waals surface area (Å²) in [7, 11) is 0. The molecule has 0 aliphatic carbocycles. The fourth-order valence-corrected chi connectivity index (χ4v) is 2.54. The van der Waals surface area contributed by atoms with E-state index in [1.165, 1.54) is 0 Å². The Morgan fingerprint density at radius 2 is 1.85 bits per heavy atom. The number of aromatic nitrogens is 1. The second-order valence-electron chi connectivity index (χ2n) is 6.33. The largest absolute Gasteiger partial charge is 0.462 e. The maximum Gasteiger partial charge on any atom is 0.338 e. The van der Waals surface area contributed by atoms with Crippen LogP contribution in [0.2, 0.25) is 0 Å². The maximum absolute atomic E-state index is 12.4. The minimum absolute atomic E-state index is 0.171. The molecule has 2 amide bonds. The molecule has 1 heterocycles. The van der Waals surface area contributed by atoms with Crippen molar-refractivity contribution >= 4 is 17.7 Å². The number of nitrogens with zero attached hydrogens (tertiary/aromatic N) is 1. The Kier molecular flexibility index (Phi) is 7.14. The molecule has 26 heavy (non-hydrogen) atoms. The highest BCUT2D eigenvalue weighted by Crippen LogP contribution is 2.19. The SMILES string of the molecule is CCOC(=O)c1ccc(NC(=O)NC(CC(C)C)c2ccccn2)cc1. The highest BCUT2D eigenvalue weighted by atomic mass is 16.5. The van der Waals surface area contributed by atoms with Crippen LogP contribution in [0.3, 0.4) is 0 Å². The summed E-state index contributed by atoms with van der Waals surface area (Å²) in [5.41, 5.74) is 1.87. The van der Waals surface area contributed by atoms with Gasteiger partial charge in [0.25, 0.3) is 0 Å². The third-order valence-corrected chi connectivity index (χ3v) is 3.71. The first-order chi connectivity index (χ1) is 12.5. The molecule has 0 spiro atoms. The van der Waals surface area contributed by atoms with Crippen LogP contribution in [0.25, 0.3) is 0 Å². The molecule has 0 radical (unpaired) electrons. The Hall–Kier alpha value is -2.89. The standard InChI is InChI=1S/C20H25N3O3/c1-4-26-19(24)15-8-10-16(11-9-15)22-20(25)23-18(13-14(2)3)17-7-5-6-12-21-17/h5-12,14,18H,4,13H2,1-3H3,(H2,22,23,25). The molecule has 2 N–H and O–H groups in total. The third-order valence-electron chi connectivity index (χ3n) is 3.71. The van der Waals surface area contributed by atoms with Crippen molar-refractivity contribution in [1.29, 1.82) is 0 Å². The lowest BCUT2D eigenvalue weighted by Crippen LogP contribution is -2.33. The van der Waals surface area contributed by atoms with E-state index in [1.807, 2.05) is 18.2 Å². The number of amides is 2. The zero-order chi connectivity index (χ0) is 18.9. The van der Waals surface area contributed by atoms with Gasteiger partial charge in [-0.25, -0.2) is 9.59 Å². The van der Waals surface area contributed by atoms with Crippen molar-refractivity contribution in [2.24, 2.45) is 5.92 Å². The molecule has 0 aliphatic rings. The number of carbonyl (C=O) groups is 2. The highest BCUT2D eigenvalue weighted by Gasteiger charge is 2.17. The van der Waals surface area contributed by atoms with E-state index in [9.17, 15) is 9.59 Å². The first-order valence-corrected chi connectivity index (χ1v) is 8.75. The van der Waals surface area contributed by atoms with E-state index in [0.717, 1.165) is 12.1 Å². The van der Waals surface area contributed by atoms with Gasteiger partial charge in [0, 0.05) is 11.9 Å². The summed E-state index contributed by atoms with van der Waals surface area (Å²) in [6.45, 7) is 6.28. The molecule has 0 fully saturated rings.